The molecule has 5 heteroatoms. The van der Waals surface area contributed by atoms with Crippen LogP contribution in [0.1, 0.15) is 32.1 Å². The number of aliphatic hydroxyl groups is 1. The molecular formula is C8H16ClF2NO. The van der Waals surface area contributed by atoms with Gasteiger partial charge in [-0.05, 0) is 19.3 Å². The van der Waals surface area contributed by atoms with Crippen LogP contribution in [0.15, 0.2) is 0 Å². The van der Waals surface area contributed by atoms with Gasteiger partial charge in [-0.1, -0.05) is 0 Å². The molecule has 80 valence electrons. The summed E-state index contributed by atoms with van der Waals surface area (Å²) in [7, 11) is 0. The van der Waals surface area contributed by atoms with E-state index in [1.54, 1.807) is 0 Å². The topological polar surface area (TPSA) is 46.2 Å². The minimum Gasteiger partial charge on any atom is -0.396 e. The van der Waals surface area contributed by atoms with Crippen LogP contribution in [0.4, 0.5) is 8.78 Å². The maximum Gasteiger partial charge on any atom is 0.248 e. The summed E-state index contributed by atoms with van der Waals surface area (Å²) < 4.78 is 25.3. The zero-order valence-corrected chi connectivity index (χ0v) is 8.25. The first-order chi connectivity index (χ1) is 5.47. The van der Waals surface area contributed by atoms with Crippen molar-refractivity contribution in [2.45, 2.75) is 43.6 Å². The van der Waals surface area contributed by atoms with Crippen LogP contribution in [0, 0.1) is 0 Å². The van der Waals surface area contributed by atoms with Gasteiger partial charge in [-0.3, -0.25) is 0 Å². The SMILES string of the molecule is Cl.NC1(CCO)CCC(F)(F)CC1. The van der Waals surface area contributed by atoms with Crippen LogP contribution in [0.5, 0.6) is 0 Å². The Kier molecular flexibility index (Phi) is 4.55. The third-order valence-electron chi connectivity index (χ3n) is 2.59. The van der Waals surface area contributed by atoms with E-state index in [1.807, 2.05) is 0 Å². The molecule has 2 nitrogen and oxygen atoms in total. The van der Waals surface area contributed by atoms with E-state index in [-0.39, 0.29) is 31.9 Å². The normalized spacial score (nSPS) is 24.9. The van der Waals surface area contributed by atoms with E-state index in [2.05, 4.69) is 0 Å². The first kappa shape index (κ1) is 13.1. The predicted octanol–water partition coefficient (Wildman–Crippen LogP) is 1.70. The van der Waals surface area contributed by atoms with Crippen LogP contribution in [0.25, 0.3) is 0 Å². The first-order valence-corrected chi connectivity index (χ1v) is 4.25. The predicted molar refractivity (Wildman–Crippen MR) is 49.3 cm³/mol. The summed E-state index contributed by atoms with van der Waals surface area (Å²) in [5.41, 5.74) is 5.25. The molecule has 0 saturated heterocycles. The van der Waals surface area contributed by atoms with Crippen LogP contribution < -0.4 is 5.73 Å². The number of hydrogen-bond donors (Lipinski definition) is 2. The molecule has 0 spiro atoms. The van der Waals surface area contributed by atoms with Crippen molar-refractivity contribution >= 4 is 12.4 Å². The Morgan fingerprint density at radius 2 is 1.62 bits per heavy atom. The molecule has 3 N–H and O–H groups in total. The molecule has 0 bridgehead atoms. The van der Waals surface area contributed by atoms with Crippen LogP contribution in [0.2, 0.25) is 0 Å². The van der Waals surface area contributed by atoms with Crippen molar-refractivity contribution < 1.29 is 13.9 Å². The van der Waals surface area contributed by atoms with Gasteiger partial charge in [0.2, 0.25) is 5.92 Å². The summed E-state index contributed by atoms with van der Waals surface area (Å²) in [6, 6.07) is 0. The summed E-state index contributed by atoms with van der Waals surface area (Å²) in [6.45, 7) is -0.0118. The van der Waals surface area contributed by atoms with E-state index in [0.29, 0.717) is 19.3 Å². The van der Waals surface area contributed by atoms with Crippen LogP contribution in [-0.2, 0) is 0 Å². The zero-order valence-electron chi connectivity index (χ0n) is 7.43. The molecule has 0 radical (unpaired) electrons. The van der Waals surface area contributed by atoms with Gasteiger partial charge in [-0.15, -0.1) is 12.4 Å². The average molecular weight is 216 g/mol. The summed E-state index contributed by atoms with van der Waals surface area (Å²) in [5, 5.41) is 8.65. The molecule has 0 aromatic carbocycles. The minimum atomic E-state index is -2.53. The standard InChI is InChI=1S/C8H15F2NO.ClH/c9-8(10)3-1-7(11,2-4-8)5-6-12;/h12H,1-6,11H2;1H. The quantitative estimate of drug-likeness (QED) is 0.737. The monoisotopic (exact) mass is 215 g/mol. The number of nitrogens with two attached hydrogens (primary N) is 1. The van der Waals surface area contributed by atoms with Gasteiger partial charge < -0.3 is 10.8 Å². The highest BCUT2D eigenvalue weighted by Gasteiger charge is 2.40. The lowest BCUT2D eigenvalue weighted by Crippen LogP contribution is -2.46. The second-order valence-electron chi connectivity index (χ2n) is 3.69. The van der Waals surface area contributed by atoms with Crippen molar-refractivity contribution in [3.8, 4) is 0 Å². The summed E-state index contributed by atoms with van der Waals surface area (Å²) in [6.07, 6.45) is 0.803. The Hall–Kier alpha value is 0.0700. The molecule has 1 rings (SSSR count). The van der Waals surface area contributed by atoms with E-state index in [9.17, 15) is 8.78 Å². The molecule has 0 atom stereocenters. The summed E-state index contributed by atoms with van der Waals surface area (Å²) >= 11 is 0. The average Bonchev–Trinajstić information content (AvgIpc) is 1.98. The number of rotatable bonds is 2. The van der Waals surface area contributed by atoms with Crippen LogP contribution >= 0.6 is 12.4 Å². The number of aliphatic hydroxyl groups excluding tert-OH is 1. The number of alkyl halides is 2. The van der Waals surface area contributed by atoms with Crippen molar-refractivity contribution in [1.29, 1.82) is 0 Å². The molecule has 0 amide bonds. The van der Waals surface area contributed by atoms with Crippen molar-refractivity contribution in [2.24, 2.45) is 5.73 Å². The van der Waals surface area contributed by atoms with Gasteiger partial charge in [0.1, 0.15) is 0 Å². The van der Waals surface area contributed by atoms with Crippen LogP contribution in [0.3, 0.4) is 0 Å². The molecule has 1 aliphatic rings. The van der Waals surface area contributed by atoms with Gasteiger partial charge in [0, 0.05) is 25.0 Å². The van der Waals surface area contributed by atoms with Crippen molar-refractivity contribution in [3.05, 3.63) is 0 Å². The lowest BCUT2D eigenvalue weighted by atomic mass is 9.79. The smallest absolute Gasteiger partial charge is 0.248 e. The van der Waals surface area contributed by atoms with E-state index < -0.39 is 11.5 Å². The maximum absolute atomic E-state index is 12.7. The van der Waals surface area contributed by atoms with E-state index in [4.69, 9.17) is 10.8 Å². The lowest BCUT2D eigenvalue weighted by Gasteiger charge is -2.36. The van der Waals surface area contributed by atoms with Gasteiger partial charge in [0.15, 0.2) is 0 Å². The third-order valence-corrected chi connectivity index (χ3v) is 2.59. The van der Waals surface area contributed by atoms with Gasteiger partial charge in [0.25, 0.3) is 0 Å². The molecule has 0 unspecified atom stereocenters. The molecule has 1 aliphatic carbocycles. The molecule has 0 aliphatic heterocycles. The molecule has 1 saturated carbocycles. The minimum absolute atomic E-state index is 0. The second kappa shape index (κ2) is 4.53. The van der Waals surface area contributed by atoms with Crippen molar-refractivity contribution in [1.82, 2.24) is 0 Å². The van der Waals surface area contributed by atoms with Gasteiger partial charge in [-0.25, -0.2) is 8.78 Å². The lowest BCUT2D eigenvalue weighted by molar-refractivity contribution is -0.0531. The van der Waals surface area contributed by atoms with Gasteiger partial charge >= 0.3 is 0 Å². The Balaban J connectivity index is 0.00000144. The maximum atomic E-state index is 12.7. The molecule has 0 aromatic heterocycles. The molecule has 0 heterocycles. The molecule has 0 aromatic rings. The summed E-state index contributed by atoms with van der Waals surface area (Å²) in [5.74, 6) is -2.53. The zero-order chi connectivity index (χ0) is 9.24. The van der Waals surface area contributed by atoms with Crippen molar-refractivity contribution in [2.75, 3.05) is 6.61 Å². The van der Waals surface area contributed by atoms with Gasteiger partial charge in [-0.2, -0.15) is 0 Å². The van der Waals surface area contributed by atoms with E-state index in [1.165, 1.54) is 0 Å². The second-order valence-corrected chi connectivity index (χ2v) is 3.69. The van der Waals surface area contributed by atoms with E-state index in [0.717, 1.165) is 0 Å². The molecular weight excluding hydrogens is 200 g/mol. The van der Waals surface area contributed by atoms with Gasteiger partial charge in [0.05, 0.1) is 0 Å². The fraction of sp³-hybridized carbons (Fsp3) is 1.00. The Bertz CT molecular complexity index is 156. The van der Waals surface area contributed by atoms with Crippen molar-refractivity contribution in [3.63, 3.8) is 0 Å². The molecule has 13 heavy (non-hydrogen) atoms. The third kappa shape index (κ3) is 3.75. The Labute approximate surface area is 82.9 Å². The summed E-state index contributed by atoms with van der Waals surface area (Å²) in [4.78, 5) is 0. The molecule has 1 fully saturated rings. The largest absolute Gasteiger partial charge is 0.396 e. The number of hydrogen-bond acceptors (Lipinski definition) is 2. The van der Waals surface area contributed by atoms with Crippen LogP contribution in [-0.4, -0.2) is 23.2 Å². The number of halogens is 3. The Morgan fingerprint density at radius 3 is 2.00 bits per heavy atom. The highest BCUT2D eigenvalue weighted by Crippen LogP contribution is 2.38. The Morgan fingerprint density at radius 1 is 1.15 bits per heavy atom. The fourth-order valence-corrected chi connectivity index (χ4v) is 1.59. The fourth-order valence-electron chi connectivity index (χ4n) is 1.59. The first-order valence-electron chi connectivity index (χ1n) is 4.25. The highest BCUT2D eigenvalue weighted by molar-refractivity contribution is 5.85. The van der Waals surface area contributed by atoms with E-state index >= 15 is 0 Å². The highest BCUT2D eigenvalue weighted by atomic mass is 35.5.